The van der Waals surface area contributed by atoms with Crippen LogP contribution in [-0.4, -0.2) is 42.6 Å². The molecule has 0 aromatic heterocycles. The van der Waals surface area contributed by atoms with E-state index in [0.29, 0.717) is 23.1 Å². The molecule has 0 amide bonds. The number of aliphatic imine (C=N–C) groups is 1. The standard InChI is InChI=1S/C15H21NO4S/c1-4-5-8-20-13-9-11(6-7-12(13)19-2)15(21-3)16-10-14(17)18/h6-7,9H,4-5,8,10H2,1-3H3,(H,17,18). The van der Waals surface area contributed by atoms with Gasteiger partial charge in [0.05, 0.1) is 18.8 Å². The highest BCUT2D eigenvalue weighted by molar-refractivity contribution is 8.13. The predicted molar refractivity (Wildman–Crippen MR) is 86.0 cm³/mol. The number of nitrogens with zero attached hydrogens (tertiary/aromatic N) is 1. The fourth-order valence-corrected chi connectivity index (χ4v) is 2.22. The molecule has 1 rings (SSSR count). The number of hydrogen-bond donors (Lipinski definition) is 1. The number of methoxy groups -OCH3 is 1. The minimum Gasteiger partial charge on any atom is -0.493 e. The van der Waals surface area contributed by atoms with Crippen LogP contribution in [0.4, 0.5) is 0 Å². The van der Waals surface area contributed by atoms with E-state index in [0.717, 1.165) is 18.4 Å². The number of thioether (sulfide) groups is 1. The third-order valence-electron chi connectivity index (χ3n) is 2.72. The van der Waals surface area contributed by atoms with Gasteiger partial charge >= 0.3 is 5.97 Å². The van der Waals surface area contributed by atoms with Crippen molar-refractivity contribution in [2.75, 3.05) is 26.5 Å². The highest BCUT2D eigenvalue weighted by Gasteiger charge is 2.10. The van der Waals surface area contributed by atoms with Gasteiger partial charge in [0.2, 0.25) is 0 Å². The summed E-state index contributed by atoms with van der Waals surface area (Å²) in [4.78, 5) is 14.7. The average Bonchev–Trinajstić information content (AvgIpc) is 2.48. The highest BCUT2D eigenvalue weighted by Crippen LogP contribution is 2.29. The quantitative estimate of drug-likeness (QED) is 0.454. The summed E-state index contributed by atoms with van der Waals surface area (Å²) in [6.45, 7) is 2.48. The number of carboxylic acid groups (broad SMARTS) is 1. The Morgan fingerprint density at radius 2 is 2.14 bits per heavy atom. The summed E-state index contributed by atoms with van der Waals surface area (Å²) >= 11 is 1.41. The SMILES string of the molecule is CCCCOc1cc(C(=NCC(=O)O)SC)ccc1OC. The smallest absolute Gasteiger partial charge is 0.325 e. The predicted octanol–water partition coefficient (Wildman–Crippen LogP) is 3.07. The molecular formula is C15H21NO4S. The lowest BCUT2D eigenvalue weighted by Crippen LogP contribution is -2.05. The van der Waals surface area contributed by atoms with Crippen LogP contribution in [0.5, 0.6) is 11.5 Å². The Labute approximate surface area is 129 Å². The van der Waals surface area contributed by atoms with Crippen LogP contribution in [-0.2, 0) is 4.79 Å². The van der Waals surface area contributed by atoms with Gasteiger partial charge in [0.15, 0.2) is 11.5 Å². The second-order valence-electron chi connectivity index (χ2n) is 4.29. The molecule has 0 saturated carbocycles. The fraction of sp³-hybridized carbons (Fsp3) is 0.467. The van der Waals surface area contributed by atoms with E-state index in [-0.39, 0.29) is 6.54 Å². The molecule has 0 aliphatic heterocycles. The molecule has 6 heteroatoms. The molecule has 0 spiro atoms. The zero-order valence-corrected chi connectivity index (χ0v) is 13.4. The maximum Gasteiger partial charge on any atom is 0.325 e. The number of unbranched alkanes of at least 4 members (excludes halogenated alkanes) is 1. The third kappa shape index (κ3) is 5.67. The normalized spacial score (nSPS) is 11.3. The van der Waals surface area contributed by atoms with Crippen LogP contribution in [0.2, 0.25) is 0 Å². The number of ether oxygens (including phenoxy) is 2. The van der Waals surface area contributed by atoms with Crippen LogP contribution in [0.3, 0.4) is 0 Å². The maximum atomic E-state index is 10.6. The molecule has 0 unspecified atom stereocenters. The first-order valence-electron chi connectivity index (χ1n) is 6.73. The minimum absolute atomic E-state index is 0.242. The molecule has 116 valence electrons. The van der Waals surface area contributed by atoms with Gasteiger partial charge < -0.3 is 14.6 Å². The van der Waals surface area contributed by atoms with Crippen LogP contribution in [0.1, 0.15) is 25.3 Å². The summed E-state index contributed by atoms with van der Waals surface area (Å²) in [6.07, 6.45) is 3.89. The van der Waals surface area contributed by atoms with E-state index in [1.807, 2.05) is 24.5 Å². The van der Waals surface area contributed by atoms with Gasteiger partial charge in [-0.3, -0.25) is 9.79 Å². The summed E-state index contributed by atoms with van der Waals surface area (Å²) in [5.74, 6) is 0.364. The Hall–Kier alpha value is -1.69. The lowest BCUT2D eigenvalue weighted by Gasteiger charge is -2.12. The molecule has 0 bridgehead atoms. The molecule has 1 aromatic carbocycles. The zero-order chi connectivity index (χ0) is 15.7. The second-order valence-corrected chi connectivity index (χ2v) is 5.08. The first kappa shape index (κ1) is 17.4. The number of hydrogen-bond acceptors (Lipinski definition) is 5. The monoisotopic (exact) mass is 311 g/mol. The molecule has 0 aliphatic rings. The highest BCUT2D eigenvalue weighted by atomic mass is 32.2. The van der Waals surface area contributed by atoms with Gasteiger partial charge in [0.1, 0.15) is 6.54 Å². The second kappa shape index (κ2) is 9.28. The number of carbonyl (C=O) groups is 1. The molecule has 0 heterocycles. The first-order chi connectivity index (χ1) is 10.1. The van der Waals surface area contributed by atoms with Crippen LogP contribution in [0, 0.1) is 0 Å². The Morgan fingerprint density at radius 1 is 1.38 bits per heavy atom. The van der Waals surface area contributed by atoms with E-state index < -0.39 is 5.97 Å². The summed E-state index contributed by atoms with van der Waals surface area (Å²) in [5, 5.41) is 9.39. The molecular weight excluding hydrogens is 290 g/mol. The average molecular weight is 311 g/mol. The van der Waals surface area contributed by atoms with Crippen molar-refractivity contribution in [2.24, 2.45) is 4.99 Å². The molecule has 1 aromatic rings. The molecule has 0 atom stereocenters. The van der Waals surface area contributed by atoms with Gasteiger partial charge in [-0.05, 0) is 30.9 Å². The van der Waals surface area contributed by atoms with Crippen molar-refractivity contribution in [2.45, 2.75) is 19.8 Å². The van der Waals surface area contributed by atoms with E-state index in [4.69, 9.17) is 14.6 Å². The summed E-state index contributed by atoms with van der Waals surface area (Å²) in [6, 6.07) is 5.50. The Morgan fingerprint density at radius 3 is 2.71 bits per heavy atom. The maximum absolute atomic E-state index is 10.6. The summed E-state index contributed by atoms with van der Waals surface area (Å²) in [7, 11) is 1.59. The Bertz CT molecular complexity index is 502. The number of carboxylic acids is 1. The topological polar surface area (TPSA) is 68.1 Å². The molecule has 1 N–H and O–H groups in total. The molecule has 0 aliphatic carbocycles. The summed E-state index contributed by atoms with van der Waals surface area (Å²) < 4.78 is 11.0. The van der Waals surface area contributed by atoms with Crippen LogP contribution in [0.15, 0.2) is 23.2 Å². The lowest BCUT2D eigenvalue weighted by molar-refractivity contribution is -0.135. The largest absolute Gasteiger partial charge is 0.493 e. The van der Waals surface area contributed by atoms with E-state index >= 15 is 0 Å². The van der Waals surface area contributed by atoms with Crippen LogP contribution in [0.25, 0.3) is 0 Å². The van der Waals surface area contributed by atoms with Crippen LogP contribution >= 0.6 is 11.8 Å². The lowest BCUT2D eigenvalue weighted by atomic mass is 10.2. The molecule has 0 fully saturated rings. The molecule has 5 nitrogen and oxygen atoms in total. The fourth-order valence-electron chi connectivity index (χ4n) is 1.66. The van der Waals surface area contributed by atoms with Gasteiger partial charge in [-0.25, -0.2) is 0 Å². The summed E-state index contributed by atoms with van der Waals surface area (Å²) in [5.41, 5.74) is 0.830. The van der Waals surface area contributed by atoms with Crippen molar-refractivity contribution < 1.29 is 19.4 Å². The van der Waals surface area contributed by atoms with Crippen molar-refractivity contribution >= 4 is 22.8 Å². The Kier molecular flexibility index (Phi) is 7.68. The number of benzene rings is 1. The molecule has 0 saturated heterocycles. The van der Waals surface area contributed by atoms with E-state index in [1.54, 1.807) is 7.11 Å². The zero-order valence-electron chi connectivity index (χ0n) is 12.6. The van der Waals surface area contributed by atoms with E-state index in [2.05, 4.69) is 11.9 Å². The van der Waals surface area contributed by atoms with Crippen molar-refractivity contribution in [3.8, 4) is 11.5 Å². The van der Waals surface area contributed by atoms with E-state index in [9.17, 15) is 4.79 Å². The van der Waals surface area contributed by atoms with Gasteiger partial charge in [0.25, 0.3) is 0 Å². The van der Waals surface area contributed by atoms with Crippen molar-refractivity contribution in [3.05, 3.63) is 23.8 Å². The van der Waals surface area contributed by atoms with Gasteiger partial charge in [0, 0.05) is 5.56 Å². The molecule has 21 heavy (non-hydrogen) atoms. The minimum atomic E-state index is -0.950. The first-order valence-corrected chi connectivity index (χ1v) is 7.96. The van der Waals surface area contributed by atoms with Gasteiger partial charge in [-0.15, -0.1) is 11.8 Å². The van der Waals surface area contributed by atoms with Crippen molar-refractivity contribution in [1.29, 1.82) is 0 Å². The Balaban J connectivity index is 2.98. The van der Waals surface area contributed by atoms with Crippen LogP contribution < -0.4 is 9.47 Å². The van der Waals surface area contributed by atoms with Gasteiger partial charge in [-0.2, -0.15) is 0 Å². The third-order valence-corrected chi connectivity index (χ3v) is 3.47. The number of rotatable bonds is 8. The van der Waals surface area contributed by atoms with Crippen molar-refractivity contribution in [1.82, 2.24) is 0 Å². The molecule has 0 radical (unpaired) electrons. The van der Waals surface area contributed by atoms with E-state index in [1.165, 1.54) is 11.8 Å². The number of aliphatic carboxylic acids is 1. The van der Waals surface area contributed by atoms with Gasteiger partial charge in [-0.1, -0.05) is 13.3 Å². The van der Waals surface area contributed by atoms with Crippen molar-refractivity contribution in [3.63, 3.8) is 0 Å².